The van der Waals surface area contributed by atoms with Crippen LogP contribution >= 0.6 is 15.9 Å². The van der Waals surface area contributed by atoms with Crippen molar-refractivity contribution in [3.63, 3.8) is 0 Å². The third-order valence-corrected chi connectivity index (χ3v) is 3.81. The quantitative estimate of drug-likeness (QED) is 0.494. The van der Waals surface area contributed by atoms with Crippen LogP contribution in [0.15, 0.2) is 28.7 Å². The summed E-state index contributed by atoms with van der Waals surface area (Å²) in [5.74, 6) is -1.56. The molecule has 2 rings (SSSR count). The molecule has 128 valence electrons. The summed E-state index contributed by atoms with van der Waals surface area (Å²) in [6, 6.07) is 5.62. The van der Waals surface area contributed by atoms with E-state index in [0.717, 1.165) is 4.47 Å². The van der Waals surface area contributed by atoms with Gasteiger partial charge in [0.05, 0.1) is 0 Å². The Hall–Kier alpha value is -2.42. The molecule has 3 N–H and O–H groups in total. The van der Waals surface area contributed by atoms with Crippen LogP contribution in [0, 0.1) is 0 Å². The second-order valence-electron chi connectivity index (χ2n) is 5.18. The molecule has 1 fully saturated rings. The van der Waals surface area contributed by atoms with Gasteiger partial charge in [0.25, 0.3) is 11.8 Å². The van der Waals surface area contributed by atoms with Crippen LogP contribution in [0.3, 0.4) is 0 Å². The van der Waals surface area contributed by atoms with Crippen LogP contribution in [-0.2, 0) is 19.1 Å². The van der Waals surface area contributed by atoms with Crippen molar-refractivity contribution >= 4 is 45.4 Å². The maximum absolute atomic E-state index is 12.0. The second-order valence-corrected chi connectivity index (χ2v) is 6.10. The number of hydrogen-bond acceptors (Lipinski definition) is 5. The van der Waals surface area contributed by atoms with E-state index in [1.165, 1.54) is 6.92 Å². The highest BCUT2D eigenvalue weighted by atomic mass is 79.9. The van der Waals surface area contributed by atoms with E-state index in [-0.39, 0.29) is 12.8 Å². The zero-order valence-electron chi connectivity index (χ0n) is 12.8. The van der Waals surface area contributed by atoms with Gasteiger partial charge in [-0.15, -0.1) is 0 Å². The Labute approximate surface area is 146 Å². The monoisotopic (exact) mass is 397 g/mol. The van der Waals surface area contributed by atoms with E-state index in [1.54, 1.807) is 24.3 Å². The topological polar surface area (TPSA) is 114 Å². The molecule has 0 saturated carbocycles. The van der Waals surface area contributed by atoms with E-state index in [0.29, 0.717) is 5.69 Å². The third-order valence-electron chi connectivity index (χ3n) is 3.28. The number of halogens is 1. The van der Waals surface area contributed by atoms with Gasteiger partial charge in [-0.2, -0.15) is 0 Å². The number of esters is 1. The van der Waals surface area contributed by atoms with Gasteiger partial charge < -0.3 is 15.4 Å². The predicted octanol–water partition coefficient (Wildman–Crippen LogP) is 1.31. The fourth-order valence-electron chi connectivity index (χ4n) is 2.01. The van der Waals surface area contributed by atoms with Gasteiger partial charge in [0.15, 0.2) is 6.10 Å². The molecular formula is C15H16BrN3O5. The molecule has 0 spiro atoms. The van der Waals surface area contributed by atoms with Gasteiger partial charge in [0, 0.05) is 16.6 Å². The van der Waals surface area contributed by atoms with Crippen LogP contribution in [-0.4, -0.2) is 36.0 Å². The fraction of sp³-hybridized carbons (Fsp3) is 0.333. The Kier molecular flexibility index (Phi) is 5.91. The van der Waals surface area contributed by atoms with Crippen molar-refractivity contribution in [2.24, 2.45) is 0 Å². The van der Waals surface area contributed by atoms with Crippen molar-refractivity contribution in [1.82, 2.24) is 10.6 Å². The molecule has 0 radical (unpaired) electrons. The Morgan fingerprint density at radius 3 is 2.54 bits per heavy atom. The molecule has 0 aliphatic carbocycles. The number of carbonyl (C=O) groups excluding carboxylic acids is 4. The smallest absolute Gasteiger partial charge is 0.322 e. The van der Waals surface area contributed by atoms with Gasteiger partial charge >= 0.3 is 12.0 Å². The second kappa shape index (κ2) is 7.91. The summed E-state index contributed by atoms with van der Waals surface area (Å²) in [5, 5.41) is 7.08. The molecule has 1 heterocycles. The molecule has 0 aromatic heterocycles. The highest BCUT2D eigenvalue weighted by Crippen LogP contribution is 2.14. The lowest BCUT2D eigenvalue weighted by Gasteiger charge is -2.14. The summed E-state index contributed by atoms with van der Waals surface area (Å²) >= 11 is 3.29. The number of ether oxygens (including phenoxy) is 1. The van der Waals surface area contributed by atoms with Crippen molar-refractivity contribution in [3.8, 4) is 0 Å². The summed E-state index contributed by atoms with van der Waals surface area (Å²) in [6.45, 7) is 1.45. The lowest BCUT2D eigenvalue weighted by molar-refractivity contribution is -0.153. The molecule has 0 unspecified atom stereocenters. The molecule has 1 aliphatic rings. The highest BCUT2D eigenvalue weighted by Gasteiger charge is 2.30. The zero-order chi connectivity index (χ0) is 17.7. The molecule has 1 aromatic carbocycles. The molecule has 1 aliphatic heterocycles. The molecule has 4 amide bonds. The molecule has 0 bridgehead atoms. The first-order chi connectivity index (χ1) is 11.3. The van der Waals surface area contributed by atoms with Gasteiger partial charge in [-0.3, -0.25) is 19.7 Å². The molecule has 2 atom stereocenters. The first kappa shape index (κ1) is 17.9. The number of carbonyl (C=O) groups is 4. The first-order valence-electron chi connectivity index (χ1n) is 7.22. The van der Waals surface area contributed by atoms with Crippen molar-refractivity contribution in [3.05, 3.63) is 28.7 Å². The van der Waals surface area contributed by atoms with Gasteiger partial charge in [-0.05, 0) is 37.6 Å². The van der Waals surface area contributed by atoms with E-state index in [2.05, 4.69) is 31.9 Å². The zero-order valence-corrected chi connectivity index (χ0v) is 14.4. The molecule has 24 heavy (non-hydrogen) atoms. The Balaban J connectivity index is 1.76. The lowest BCUT2D eigenvalue weighted by atomic mass is 10.1. The minimum atomic E-state index is -0.979. The predicted molar refractivity (Wildman–Crippen MR) is 88.0 cm³/mol. The first-order valence-corrected chi connectivity index (χ1v) is 8.01. The van der Waals surface area contributed by atoms with Gasteiger partial charge in [0.1, 0.15) is 6.04 Å². The average molecular weight is 398 g/mol. The summed E-state index contributed by atoms with van der Waals surface area (Å²) in [4.78, 5) is 46.0. The number of benzene rings is 1. The van der Waals surface area contributed by atoms with Gasteiger partial charge in [-0.1, -0.05) is 15.9 Å². The van der Waals surface area contributed by atoms with Crippen molar-refractivity contribution < 1.29 is 23.9 Å². The minimum absolute atomic E-state index is 0.0890. The summed E-state index contributed by atoms with van der Waals surface area (Å²) in [7, 11) is 0. The molecule has 9 heteroatoms. The van der Waals surface area contributed by atoms with E-state index >= 15 is 0 Å². The number of anilines is 1. The lowest BCUT2D eigenvalue weighted by Crippen LogP contribution is -2.32. The molecule has 1 saturated heterocycles. The number of hydrogen-bond donors (Lipinski definition) is 3. The summed E-state index contributed by atoms with van der Waals surface area (Å²) < 4.78 is 5.90. The standard InChI is InChI=1S/C15H16BrN3O5/c1-8(13(21)17-10-4-2-9(16)3-5-10)24-12(20)7-6-11-14(22)19-15(23)18-11/h2-5,8,11H,6-7H2,1H3,(H,17,21)(H2,18,19,22,23)/t8-,11+/m0/s1. The molecular weight excluding hydrogens is 382 g/mol. The molecule has 1 aromatic rings. The van der Waals surface area contributed by atoms with Crippen molar-refractivity contribution in [2.75, 3.05) is 5.32 Å². The fourth-order valence-corrected chi connectivity index (χ4v) is 2.28. The third kappa shape index (κ3) is 5.05. The number of nitrogens with one attached hydrogen (secondary N) is 3. The Morgan fingerprint density at radius 2 is 1.96 bits per heavy atom. The van der Waals surface area contributed by atoms with Crippen LogP contribution in [0.25, 0.3) is 0 Å². The SMILES string of the molecule is C[C@H](OC(=O)CC[C@H]1NC(=O)NC1=O)C(=O)Nc1ccc(Br)cc1. The number of rotatable bonds is 6. The minimum Gasteiger partial charge on any atom is -0.453 e. The van der Waals surface area contributed by atoms with Crippen molar-refractivity contribution in [1.29, 1.82) is 0 Å². The van der Waals surface area contributed by atoms with E-state index in [1.807, 2.05) is 0 Å². The van der Waals surface area contributed by atoms with Crippen LogP contribution in [0.2, 0.25) is 0 Å². The number of imide groups is 1. The van der Waals surface area contributed by atoms with Crippen LogP contribution < -0.4 is 16.0 Å². The number of amides is 4. The van der Waals surface area contributed by atoms with Gasteiger partial charge in [0.2, 0.25) is 0 Å². The van der Waals surface area contributed by atoms with Crippen molar-refractivity contribution in [2.45, 2.75) is 31.9 Å². The summed E-state index contributed by atoms with van der Waals surface area (Å²) in [5.41, 5.74) is 0.580. The van der Waals surface area contributed by atoms with Crippen LogP contribution in [0.5, 0.6) is 0 Å². The largest absolute Gasteiger partial charge is 0.453 e. The normalized spacial score (nSPS) is 17.7. The van der Waals surface area contributed by atoms with E-state index in [9.17, 15) is 19.2 Å². The average Bonchev–Trinajstić information content (AvgIpc) is 2.85. The van der Waals surface area contributed by atoms with Crippen LogP contribution in [0.1, 0.15) is 19.8 Å². The summed E-state index contributed by atoms with van der Waals surface area (Å²) in [6.07, 6.45) is -0.959. The highest BCUT2D eigenvalue weighted by molar-refractivity contribution is 9.10. The number of urea groups is 1. The maximum atomic E-state index is 12.0. The van der Waals surface area contributed by atoms with Gasteiger partial charge in [-0.25, -0.2) is 4.79 Å². The van der Waals surface area contributed by atoms with E-state index < -0.39 is 36.0 Å². The Morgan fingerprint density at radius 1 is 1.29 bits per heavy atom. The maximum Gasteiger partial charge on any atom is 0.322 e. The molecule has 8 nitrogen and oxygen atoms in total. The Bertz CT molecular complexity index is 662. The van der Waals surface area contributed by atoms with E-state index in [4.69, 9.17) is 4.74 Å². The van der Waals surface area contributed by atoms with Crippen LogP contribution in [0.4, 0.5) is 10.5 Å².